The largest absolute Gasteiger partial charge is 0.466 e. The minimum absolute atomic E-state index is 0.00824. The van der Waals surface area contributed by atoms with Crippen LogP contribution in [0, 0.1) is 16.7 Å². The van der Waals surface area contributed by atoms with Crippen molar-refractivity contribution in [2.75, 3.05) is 6.61 Å². The zero-order valence-electron chi connectivity index (χ0n) is 10.9. The lowest BCUT2D eigenvalue weighted by Crippen LogP contribution is -2.39. The first-order chi connectivity index (χ1) is 8.71. The van der Waals surface area contributed by atoms with Gasteiger partial charge in [0.25, 0.3) is 0 Å². The van der Waals surface area contributed by atoms with Gasteiger partial charge in [-0.3, -0.25) is 4.79 Å². The SMILES string of the molecule is C=CCC1(C(=O)OCC)CCC2=CC=CC3CC231. The number of carbonyl (C=O) groups excluding carboxylic acids is 1. The summed E-state index contributed by atoms with van der Waals surface area (Å²) >= 11 is 0. The zero-order valence-corrected chi connectivity index (χ0v) is 10.9. The Morgan fingerprint density at radius 3 is 3.22 bits per heavy atom. The summed E-state index contributed by atoms with van der Waals surface area (Å²) in [7, 11) is 0. The molecule has 0 N–H and O–H groups in total. The van der Waals surface area contributed by atoms with E-state index in [4.69, 9.17) is 4.74 Å². The Balaban J connectivity index is 2.02. The van der Waals surface area contributed by atoms with Gasteiger partial charge in [0.15, 0.2) is 0 Å². The minimum Gasteiger partial charge on any atom is -0.466 e. The number of rotatable bonds is 4. The summed E-state index contributed by atoms with van der Waals surface area (Å²) in [5, 5.41) is 0. The van der Waals surface area contributed by atoms with Crippen molar-refractivity contribution in [2.24, 2.45) is 16.7 Å². The molecule has 3 atom stereocenters. The van der Waals surface area contributed by atoms with E-state index in [1.165, 1.54) is 5.57 Å². The molecule has 2 heteroatoms. The van der Waals surface area contributed by atoms with Crippen LogP contribution >= 0.6 is 0 Å². The molecule has 0 radical (unpaired) electrons. The third kappa shape index (κ3) is 1.21. The van der Waals surface area contributed by atoms with Crippen molar-refractivity contribution in [1.82, 2.24) is 0 Å². The molecule has 0 aromatic rings. The highest BCUT2D eigenvalue weighted by Gasteiger charge is 2.73. The summed E-state index contributed by atoms with van der Waals surface area (Å²) in [6.07, 6.45) is 12.3. The zero-order chi connectivity index (χ0) is 12.8. The normalized spacial score (nSPS) is 39.6. The summed E-state index contributed by atoms with van der Waals surface area (Å²) in [5.74, 6) is 0.537. The van der Waals surface area contributed by atoms with E-state index in [-0.39, 0.29) is 16.8 Å². The average Bonchev–Trinajstić information content (AvgIpc) is 3.03. The van der Waals surface area contributed by atoms with Gasteiger partial charge in [0.05, 0.1) is 12.0 Å². The lowest BCUT2D eigenvalue weighted by atomic mass is 9.69. The molecule has 0 bridgehead atoms. The maximum absolute atomic E-state index is 12.5. The summed E-state index contributed by atoms with van der Waals surface area (Å²) in [6, 6.07) is 0. The molecule has 18 heavy (non-hydrogen) atoms. The van der Waals surface area contributed by atoms with E-state index >= 15 is 0 Å². The van der Waals surface area contributed by atoms with Gasteiger partial charge in [-0.2, -0.15) is 0 Å². The van der Waals surface area contributed by atoms with Crippen LogP contribution in [0.4, 0.5) is 0 Å². The van der Waals surface area contributed by atoms with Crippen LogP contribution in [0.5, 0.6) is 0 Å². The standard InChI is InChI=1S/C16H20O2/c1-3-9-15(14(17)18-4-2)10-8-12-6-5-7-13-11-16(12,13)15/h3,5-7,13H,1,4,8-11H2,2H3. The highest BCUT2D eigenvalue weighted by atomic mass is 16.5. The maximum Gasteiger partial charge on any atom is 0.313 e. The summed E-state index contributed by atoms with van der Waals surface area (Å²) in [6.45, 7) is 6.20. The van der Waals surface area contributed by atoms with Crippen molar-refractivity contribution >= 4 is 5.97 Å². The van der Waals surface area contributed by atoms with Crippen LogP contribution < -0.4 is 0 Å². The molecule has 0 aromatic heterocycles. The molecule has 2 fully saturated rings. The van der Waals surface area contributed by atoms with Gasteiger partial charge in [-0.1, -0.05) is 29.9 Å². The fourth-order valence-corrected chi connectivity index (χ4v) is 4.25. The third-order valence-corrected chi connectivity index (χ3v) is 5.06. The number of hydrogen-bond donors (Lipinski definition) is 0. The Morgan fingerprint density at radius 2 is 2.50 bits per heavy atom. The van der Waals surface area contributed by atoms with E-state index in [1.807, 2.05) is 13.0 Å². The van der Waals surface area contributed by atoms with E-state index in [2.05, 4.69) is 24.8 Å². The Hall–Kier alpha value is -1.31. The van der Waals surface area contributed by atoms with Gasteiger partial charge in [-0.25, -0.2) is 0 Å². The molecule has 96 valence electrons. The van der Waals surface area contributed by atoms with Crippen molar-refractivity contribution in [3.05, 3.63) is 36.5 Å². The molecule has 0 aromatic carbocycles. The lowest BCUT2D eigenvalue weighted by Gasteiger charge is -2.34. The molecule has 3 aliphatic rings. The van der Waals surface area contributed by atoms with Crippen molar-refractivity contribution < 1.29 is 9.53 Å². The summed E-state index contributed by atoms with van der Waals surface area (Å²) in [4.78, 5) is 12.5. The van der Waals surface area contributed by atoms with E-state index in [0.29, 0.717) is 12.5 Å². The topological polar surface area (TPSA) is 26.3 Å². The van der Waals surface area contributed by atoms with Gasteiger partial charge < -0.3 is 4.74 Å². The van der Waals surface area contributed by atoms with Crippen LogP contribution in [0.2, 0.25) is 0 Å². The fraction of sp³-hybridized carbons (Fsp3) is 0.562. The second kappa shape index (κ2) is 3.84. The number of hydrogen-bond acceptors (Lipinski definition) is 2. The van der Waals surface area contributed by atoms with E-state index in [9.17, 15) is 4.79 Å². The predicted molar refractivity (Wildman–Crippen MR) is 70.9 cm³/mol. The van der Waals surface area contributed by atoms with Crippen molar-refractivity contribution in [3.63, 3.8) is 0 Å². The molecule has 0 heterocycles. The van der Waals surface area contributed by atoms with Gasteiger partial charge in [0.1, 0.15) is 0 Å². The molecule has 2 nitrogen and oxygen atoms in total. The molecule has 1 spiro atoms. The van der Waals surface area contributed by atoms with Gasteiger partial charge in [0, 0.05) is 5.41 Å². The number of ether oxygens (including phenoxy) is 1. The second-order valence-electron chi connectivity index (χ2n) is 5.65. The minimum atomic E-state index is -0.341. The molecule has 0 aliphatic heterocycles. The Morgan fingerprint density at radius 1 is 1.67 bits per heavy atom. The molecule has 0 saturated heterocycles. The van der Waals surface area contributed by atoms with E-state index < -0.39 is 0 Å². The van der Waals surface area contributed by atoms with Crippen molar-refractivity contribution in [1.29, 1.82) is 0 Å². The van der Waals surface area contributed by atoms with E-state index in [0.717, 1.165) is 25.7 Å². The van der Waals surface area contributed by atoms with Crippen LogP contribution in [-0.2, 0) is 9.53 Å². The highest BCUT2D eigenvalue weighted by Crippen LogP contribution is 2.76. The summed E-state index contributed by atoms with van der Waals surface area (Å²) < 4.78 is 5.38. The quantitative estimate of drug-likeness (QED) is 0.559. The lowest BCUT2D eigenvalue weighted by molar-refractivity contribution is -0.158. The number of carbonyl (C=O) groups is 1. The smallest absolute Gasteiger partial charge is 0.313 e. The Kier molecular flexibility index (Phi) is 2.51. The predicted octanol–water partition coefficient (Wildman–Crippen LogP) is 3.41. The van der Waals surface area contributed by atoms with Crippen LogP contribution in [0.25, 0.3) is 0 Å². The average molecular weight is 244 g/mol. The first kappa shape index (κ1) is 11.8. The third-order valence-electron chi connectivity index (χ3n) is 5.06. The van der Waals surface area contributed by atoms with Gasteiger partial charge >= 0.3 is 5.97 Å². The van der Waals surface area contributed by atoms with Gasteiger partial charge in [-0.15, -0.1) is 6.58 Å². The highest BCUT2D eigenvalue weighted by molar-refractivity contribution is 5.81. The monoisotopic (exact) mass is 244 g/mol. The Labute approximate surface area is 108 Å². The molecule has 3 aliphatic carbocycles. The van der Waals surface area contributed by atoms with E-state index in [1.54, 1.807) is 0 Å². The fourth-order valence-electron chi connectivity index (χ4n) is 4.25. The van der Waals surface area contributed by atoms with Crippen molar-refractivity contribution in [3.8, 4) is 0 Å². The second-order valence-corrected chi connectivity index (χ2v) is 5.65. The first-order valence-corrected chi connectivity index (χ1v) is 6.87. The van der Waals surface area contributed by atoms with Gasteiger partial charge in [0.2, 0.25) is 0 Å². The number of allylic oxidation sites excluding steroid dienone is 5. The number of esters is 1. The van der Waals surface area contributed by atoms with Crippen LogP contribution in [0.1, 0.15) is 32.6 Å². The van der Waals surface area contributed by atoms with Crippen LogP contribution in [0.3, 0.4) is 0 Å². The molecule has 2 saturated carbocycles. The molecular formula is C16H20O2. The first-order valence-electron chi connectivity index (χ1n) is 6.87. The van der Waals surface area contributed by atoms with Gasteiger partial charge in [-0.05, 0) is 38.5 Å². The maximum atomic E-state index is 12.5. The molecule has 0 amide bonds. The van der Waals surface area contributed by atoms with Crippen LogP contribution in [0.15, 0.2) is 36.5 Å². The summed E-state index contributed by atoms with van der Waals surface area (Å²) in [5.41, 5.74) is 1.19. The molecular weight excluding hydrogens is 224 g/mol. The molecule has 3 unspecified atom stereocenters. The van der Waals surface area contributed by atoms with Crippen molar-refractivity contribution in [2.45, 2.75) is 32.6 Å². The molecule has 3 rings (SSSR count). The van der Waals surface area contributed by atoms with Crippen LogP contribution in [-0.4, -0.2) is 12.6 Å². The Bertz CT molecular complexity index is 460.